The van der Waals surface area contributed by atoms with Crippen LogP contribution < -0.4 is 5.32 Å². The van der Waals surface area contributed by atoms with Crippen LogP contribution in [0, 0.1) is 11.8 Å². The minimum absolute atomic E-state index is 0.0322. The van der Waals surface area contributed by atoms with Crippen molar-refractivity contribution in [3.63, 3.8) is 0 Å². The zero-order valence-corrected chi connectivity index (χ0v) is 19.7. The Bertz CT molecular complexity index is 1010. The highest BCUT2D eigenvalue weighted by Gasteiger charge is 2.32. The van der Waals surface area contributed by atoms with Crippen molar-refractivity contribution >= 4 is 18.0 Å². The lowest BCUT2D eigenvalue weighted by Crippen LogP contribution is -2.44. The molecule has 0 radical (unpaired) electrons. The van der Waals surface area contributed by atoms with E-state index in [4.69, 9.17) is 9.84 Å². The third-order valence-electron chi connectivity index (χ3n) is 7.36. The summed E-state index contributed by atoms with van der Waals surface area (Å²) in [6.45, 7) is 2.32. The third kappa shape index (κ3) is 4.93. The Hall–Kier alpha value is -3.35. The monoisotopic (exact) mass is 464 g/mol. The second kappa shape index (κ2) is 10.3. The first-order chi connectivity index (χ1) is 16.4. The van der Waals surface area contributed by atoms with E-state index in [0.717, 1.165) is 12.8 Å². The fourth-order valence-electron chi connectivity index (χ4n) is 5.14. The van der Waals surface area contributed by atoms with Gasteiger partial charge in [0, 0.05) is 25.4 Å². The zero-order chi connectivity index (χ0) is 24.2. The summed E-state index contributed by atoms with van der Waals surface area (Å²) in [5, 5.41) is 12.0. The molecule has 7 heteroatoms. The van der Waals surface area contributed by atoms with E-state index < -0.39 is 18.1 Å². The van der Waals surface area contributed by atoms with Gasteiger partial charge in [0.15, 0.2) is 0 Å². The van der Waals surface area contributed by atoms with Gasteiger partial charge in [0.25, 0.3) is 0 Å². The van der Waals surface area contributed by atoms with E-state index in [2.05, 4.69) is 29.6 Å². The van der Waals surface area contributed by atoms with Gasteiger partial charge in [-0.3, -0.25) is 4.79 Å². The number of aliphatic carboxylic acids is 1. The highest BCUT2D eigenvalue weighted by molar-refractivity contribution is 5.84. The summed E-state index contributed by atoms with van der Waals surface area (Å²) < 4.78 is 5.60. The lowest BCUT2D eigenvalue weighted by molar-refractivity contribution is -0.150. The molecule has 7 nitrogen and oxygen atoms in total. The Kier molecular flexibility index (Phi) is 7.20. The van der Waals surface area contributed by atoms with Gasteiger partial charge in [-0.25, -0.2) is 9.59 Å². The van der Waals surface area contributed by atoms with Crippen molar-refractivity contribution in [2.45, 2.75) is 44.6 Å². The molecular weight excluding hydrogens is 432 g/mol. The van der Waals surface area contributed by atoms with Gasteiger partial charge in [0.05, 0.1) is 0 Å². The summed E-state index contributed by atoms with van der Waals surface area (Å²) in [6.07, 6.45) is 2.61. The number of rotatable bonds is 7. The number of alkyl carbamates (subject to hydrolysis) is 1. The van der Waals surface area contributed by atoms with Gasteiger partial charge in [0.1, 0.15) is 12.6 Å². The fourth-order valence-corrected chi connectivity index (χ4v) is 5.14. The molecule has 0 unspecified atom stereocenters. The molecule has 0 aromatic heterocycles. The summed E-state index contributed by atoms with van der Waals surface area (Å²) in [4.78, 5) is 37.5. The zero-order valence-electron chi connectivity index (χ0n) is 19.7. The maximum atomic E-state index is 12.6. The van der Waals surface area contributed by atoms with Crippen molar-refractivity contribution in [2.24, 2.45) is 11.8 Å². The fraction of sp³-hybridized carbons (Fsp3) is 0.444. The van der Waals surface area contributed by atoms with Gasteiger partial charge in [0.2, 0.25) is 5.91 Å². The van der Waals surface area contributed by atoms with E-state index in [9.17, 15) is 14.4 Å². The molecule has 1 atom stereocenters. The highest BCUT2D eigenvalue weighted by Crippen LogP contribution is 2.44. The van der Waals surface area contributed by atoms with E-state index >= 15 is 0 Å². The van der Waals surface area contributed by atoms with Crippen molar-refractivity contribution in [1.29, 1.82) is 0 Å². The van der Waals surface area contributed by atoms with Crippen LogP contribution >= 0.6 is 0 Å². The smallest absolute Gasteiger partial charge is 0.407 e. The third-order valence-corrected chi connectivity index (χ3v) is 7.36. The van der Waals surface area contributed by atoms with E-state index in [0.29, 0.717) is 19.4 Å². The largest absolute Gasteiger partial charge is 0.480 e. The first-order valence-electron chi connectivity index (χ1n) is 11.9. The number of nitrogens with zero attached hydrogens (tertiary/aromatic N) is 1. The van der Waals surface area contributed by atoms with Crippen LogP contribution in [0.15, 0.2) is 48.5 Å². The van der Waals surface area contributed by atoms with Gasteiger partial charge in [-0.2, -0.15) is 0 Å². The molecule has 0 saturated heterocycles. The molecule has 0 heterocycles. The minimum Gasteiger partial charge on any atom is -0.480 e. The van der Waals surface area contributed by atoms with Crippen molar-refractivity contribution in [1.82, 2.24) is 10.2 Å². The first kappa shape index (κ1) is 23.8. The minimum atomic E-state index is -1.00. The SMILES string of the molecule is C[C@@H](C(=O)O)N(C)C(=O)C1CCC(CNC(=O)OCC2c3ccccc3-c3ccccc32)CC1. The number of likely N-dealkylation sites (N-methyl/N-ethyl adjacent to an activating group) is 1. The number of carboxylic acid groups (broad SMARTS) is 1. The Morgan fingerprint density at radius 3 is 2.12 bits per heavy atom. The van der Waals surface area contributed by atoms with Crippen LogP contribution in [0.1, 0.15) is 49.7 Å². The molecule has 180 valence electrons. The molecule has 2 aliphatic rings. The van der Waals surface area contributed by atoms with Crippen molar-refractivity contribution in [2.75, 3.05) is 20.2 Å². The van der Waals surface area contributed by atoms with Gasteiger partial charge >= 0.3 is 12.1 Å². The summed E-state index contributed by atoms with van der Waals surface area (Å²) in [5.41, 5.74) is 4.76. The number of amides is 2. The molecule has 2 aromatic carbocycles. The molecule has 34 heavy (non-hydrogen) atoms. The number of carboxylic acids is 1. The molecule has 2 aliphatic carbocycles. The number of hydrogen-bond donors (Lipinski definition) is 2. The maximum absolute atomic E-state index is 12.6. The molecular formula is C27H32N2O5. The number of nitrogens with one attached hydrogen (secondary N) is 1. The molecule has 2 N–H and O–H groups in total. The molecule has 1 fully saturated rings. The van der Waals surface area contributed by atoms with E-state index in [1.54, 1.807) is 7.05 Å². The topological polar surface area (TPSA) is 95.9 Å². The summed E-state index contributed by atoms with van der Waals surface area (Å²) in [6, 6.07) is 15.6. The normalized spacial score (nSPS) is 20.1. The summed E-state index contributed by atoms with van der Waals surface area (Å²) in [5.74, 6) is -0.955. The van der Waals surface area contributed by atoms with Gasteiger partial charge in [-0.15, -0.1) is 0 Å². The van der Waals surface area contributed by atoms with Gasteiger partial charge in [-0.05, 0) is 60.8 Å². The number of ether oxygens (including phenoxy) is 1. The number of carbonyl (C=O) groups excluding carboxylic acids is 2. The maximum Gasteiger partial charge on any atom is 0.407 e. The van der Waals surface area contributed by atoms with Gasteiger partial charge in [-0.1, -0.05) is 48.5 Å². The average Bonchev–Trinajstić information content (AvgIpc) is 3.18. The second-order valence-electron chi connectivity index (χ2n) is 9.39. The van der Waals surface area contributed by atoms with Crippen LogP contribution in [0.2, 0.25) is 0 Å². The van der Waals surface area contributed by atoms with Crippen LogP contribution in [-0.4, -0.2) is 54.2 Å². The number of fused-ring (bicyclic) bond motifs is 3. The molecule has 0 spiro atoms. The Labute approximate surface area is 200 Å². The Morgan fingerprint density at radius 2 is 1.56 bits per heavy atom. The highest BCUT2D eigenvalue weighted by atomic mass is 16.5. The van der Waals surface area contributed by atoms with Crippen LogP contribution in [0.4, 0.5) is 4.79 Å². The molecule has 0 aliphatic heterocycles. The lowest BCUT2D eigenvalue weighted by atomic mass is 9.81. The molecule has 1 saturated carbocycles. The molecule has 4 rings (SSSR count). The summed E-state index contributed by atoms with van der Waals surface area (Å²) in [7, 11) is 1.55. The number of benzene rings is 2. The van der Waals surface area contributed by atoms with Crippen LogP contribution in [0.25, 0.3) is 11.1 Å². The average molecular weight is 465 g/mol. The Morgan fingerprint density at radius 1 is 1.00 bits per heavy atom. The van der Waals surface area contributed by atoms with Crippen molar-refractivity contribution in [3.05, 3.63) is 59.7 Å². The predicted molar refractivity (Wildman–Crippen MR) is 128 cm³/mol. The van der Waals surface area contributed by atoms with E-state index in [1.165, 1.54) is 34.1 Å². The number of carbonyl (C=O) groups is 3. The van der Waals surface area contributed by atoms with E-state index in [-0.39, 0.29) is 30.3 Å². The van der Waals surface area contributed by atoms with E-state index in [1.807, 2.05) is 24.3 Å². The molecule has 0 bridgehead atoms. The number of hydrogen-bond acceptors (Lipinski definition) is 4. The van der Waals surface area contributed by atoms with Crippen molar-refractivity contribution < 1.29 is 24.2 Å². The van der Waals surface area contributed by atoms with Gasteiger partial charge < -0.3 is 20.1 Å². The summed E-state index contributed by atoms with van der Waals surface area (Å²) >= 11 is 0. The van der Waals surface area contributed by atoms with Crippen LogP contribution in [0.3, 0.4) is 0 Å². The molecule has 2 aromatic rings. The standard InChI is InChI=1S/C27H32N2O5/c1-17(26(31)32)29(2)25(30)19-13-11-18(12-14-19)15-28-27(33)34-16-24-22-9-5-3-7-20(22)21-8-4-6-10-23(21)24/h3-10,17-19,24H,11-16H2,1-2H3,(H,28,33)(H,31,32)/t17-,18?,19?/m0/s1. The van der Waals surface area contributed by atoms with Crippen LogP contribution in [-0.2, 0) is 14.3 Å². The van der Waals surface area contributed by atoms with Crippen molar-refractivity contribution in [3.8, 4) is 11.1 Å². The quantitative estimate of drug-likeness (QED) is 0.638. The predicted octanol–water partition coefficient (Wildman–Crippen LogP) is 4.26. The lowest BCUT2D eigenvalue weighted by Gasteiger charge is -2.32. The van der Waals surface area contributed by atoms with Crippen LogP contribution in [0.5, 0.6) is 0 Å². The molecule has 2 amide bonds. The first-order valence-corrected chi connectivity index (χ1v) is 11.9. The second-order valence-corrected chi connectivity index (χ2v) is 9.39. The Balaban J connectivity index is 1.23.